The van der Waals surface area contributed by atoms with Gasteiger partial charge in [-0.25, -0.2) is 9.59 Å². The van der Waals surface area contributed by atoms with Crippen LogP contribution >= 0.6 is 0 Å². The monoisotopic (exact) mass is 760 g/mol. The molecule has 5 aromatic carbocycles. The molecule has 0 aliphatic carbocycles. The SMILES string of the molecule is O=C(OC[C@H]1O[C@@H](OC[C@H]2O[C@H](O)[C@@H](OCc3ccccc3)[C@@H]2OCc2ccccc2)[C@@H](OCc2ccccc2)[C@@H]1OC(=O)c1ccccc1)c1ccccc1. The van der Waals surface area contributed by atoms with E-state index in [-0.39, 0.29) is 33.0 Å². The second kappa shape index (κ2) is 19.6. The van der Waals surface area contributed by atoms with Gasteiger partial charge in [-0.1, -0.05) is 127 Å². The number of benzene rings is 5. The molecule has 0 aromatic heterocycles. The summed E-state index contributed by atoms with van der Waals surface area (Å²) in [6, 6.07) is 45.9. The molecular formula is C45H44O11. The van der Waals surface area contributed by atoms with Crippen molar-refractivity contribution in [3.8, 4) is 0 Å². The Labute approximate surface area is 325 Å². The van der Waals surface area contributed by atoms with Crippen molar-refractivity contribution in [3.63, 3.8) is 0 Å². The van der Waals surface area contributed by atoms with E-state index in [4.69, 9.17) is 37.9 Å². The molecule has 8 atom stereocenters. The van der Waals surface area contributed by atoms with Crippen molar-refractivity contribution in [2.75, 3.05) is 13.2 Å². The van der Waals surface area contributed by atoms with Crippen LogP contribution in [0, 0.1) is 0 Å². The molecule has 0 radical (unpaired) electrons. The Hall–Kier alpha value is -5.24. The molecule has 0 bridgehead atoms. The second-order valence-electron chi connectivity index (χ2n) is 13.4. The van der Waals surface area contributed by atoms with Crippen LogP contribution in [0.3, 0.4) is 0 Å². The molecule has 2 aliphatic heterocycles. The maximum absolute atomic E-state index is 13.5. The third kappa shape index (κ3) is 10.3. The molecule has 0 saturated carbocycles. The summed E-state index contributed by atoms with van der Waals surface area (Å²) in [4.78, 5) is 26.5. The van der Waals surface area contributed by atoms with Gasteiger partial charge in [-0.15, -0.1) is 0 Å². The second-order valence-corrected chi connectivity index (χ2v) is 13.4. The smallest absolute Gasteiger partial charge is 0.338 e. The van der Waals surface area contributed by atoms with Crippen LogP contribution in [0.15, 0.2) is 152 Å². The van der Waals surface area contributed by atoms with Gasteiger partial charge in [0, 0.05) is 0 Å². The highest BCUT2D eigenvalue weighted by molar-refractivity contribution is 5.90. The van der Waals surface area contributed by atoms with Gasteiger partial charge < -0.3 is 43.0 Å². The first-order valence-electron chi connectivity index (χ1n) is 18.6. The van der Waals surface area contributed by atoms with E-state index in [0.29, 0.717) is 11.1 Å². The number of esters is 2. The molecule has 0 unspecified atom stereocenters. The van der Waals surface area contributed by atoms with Crippen LogP contribution in [0.1, 0.15) is 37.4 Å². The number of ether oxygens (including phenoxy) is 8. The van der Waals surface area contributed by atoms with Gasteiger partial charge in [0.1, 0.15) is 37.1 Å². The third-order valence-corrected chi connectivity index (χ3v) is 9.47. The number of hydrogen-bond acceptors (Lipinski definition) is 11. The van der Waals surface area contributed by atoms with Gasteiger partial charge in [-0.3, -0.25) is 0 Å². The van der Waals surface area contributed by atoms with E-state index in [1.165, 1.54) is 0 Å². The average molecular weight is 761 g/mol. The molecule has 5 aromatic rings. The van der Waals surface area contributed by atoms with Crippen LogP contribution in [0.5, 0.6) is 0 Å². The van der Waals surface area contributed by atoms with Gasteiger partial charge in [0.15, 0.2) is 18.7 Å². The Morgan fingerprint density at radius 2 is 0.893 bits per heavy atom. The first-order chi connectivity index (χ1) is 27.5. The fourth-order valence-electron chi connectivity index (χ4n) is 6.57. The molecule has 290 valence electrons. The highest BCUT2D eigenvalue weighted by Crippen LogP contribution is 2.33. The van der Waals surface area contributed by atoms with Crippen molar-refractivity contribution < 1.29 is 52.6 Å². The zero-order valence-corrected chi connectivity index (χ0v) is 30.6. The van der Waals surface area contributed by atoms with Crippen molar-refractivity contribution in [2.24, 2.45) is 0 Å². The molecule has 2 aliphatic rings. The van der Waals surface area contributed by atoms with Gasteiger partial charge >= 0.3 is 11.9 Å². The number of carbonyl (C=O) groups is 2. The molecule has 11 heteroatoms. The number of rotatable bonds is 17. The maximum Gasteiger partial charge on any atom is 0.338 e. The molecule has 1 N–H and O–H groups in total. The van der Waals surface area contributed by atoms with E-state index in [2.05, 4.69) is 0 Å². The largest absolute Gasteiger partial charge is 0.459 e. The van der Waals surface area contributed by atoms with Gasteiger partial charge in [0.25, 0.3) is 0 Å². The van der Waals surface area contributed by atoms with Gasteiger partial charge in [-0.05, 0) is 41.0 Å². The number of aliphatic hydroxyl groups is 1. The first kappa shape index (κ1) is 39.0. The summed E-state index contributed by atoms with van der Waals surface area (Å²) in [6.45, 7) is 0.222. The Morgan fingerprint density at radius 3 is 1.41 bits per heavy atom. The van der Waals surface area contributed by atoms with Crippen molar-refractivity contribution in [1.29, 1.82) is 0 Å². The summed E-state index contributed by atoms with van der Waals surface area (Å²) >= 11 is 0. The fraction of sp³-hybridized carbons (Fsp3) is 0.289. The minimum absolute atomic E-state index is 0.118. The third-order valence-electron chi connectivity index (χ3n) is 9.47. The van der Waals surface area contributed by atoms with Crippen molar-refractivity contribution in [1.82, 2.24) is 0 Å². The molecule has 56 heavy (non-hydrogen) atoms. The van der Waals surface area contributed by atoms with E-state index in [0.717, 1.165) is 16.7 Å². The lowest BCUT2D eigenvalue weighted by atomic mass is 10.1. The van der Waals surface area contributed by atoms with Gasteiger partial charge in [0.05, 0.1) is 37.6 Å². The predicted octanol–water partition coefficient (Wildman–Crippen LogP) is 6.28. The summed E-state index contributed by atoms with van der Waals surface area (Å²) in [5.41, 5.74) is 3.41. The Bertz CT molecular complexity index is 1930. The molecular weight excluding hydrogens is 716 g/mol. The first-order valence-corrected chi connectivity index (χ1v) is 18.6. The van der Waals surface area contributed by atoms with Crippen LogP contribution in [0.2, 0.25) is 0 Å². The van der Waals surface area contributed by atoms with Crippen LogP contribution < -0.4 is 0 Å². The quantitative estimate of drug-likeness (QED) is 0.108. The summed E-state index contributed by atoms with van der Waals surface area (Å²) in [5.74, 6) is -1.18. The van der Waals surface area contributed by atoms with E-state index in [1.807, 2.05) is 91.0 Å². The summed E-state index contributed by atoms with van der Waals surface area (Å²) in [5, 5.41) is 11.1. The van der Waals surface area contributed by atoms with Crippen LogP contribution in [0.4, 0.5) is 0 Å². The normalized spacial score (nSPS) is 24.4. The van der Waals surface area contributed by atoms with E-state index in [1.54, 1.807) is 60.7 Å². The number of aliphatic hydroxyl groups excluding tert-OH is 1. The van der Waals surface area contributed by atoms with Crippen LogP contribution in [0.25, 0.3) is 0 Å². The zero-order chi connectivity index (χ0) is 38.5. The summed E-state index contributed by atoms with van der Waals surface area (Å²) in [7, 11) is 0. The highest BCUT2D eigenvalue weighted by Gasteiger charge is 2.51. The predicted molar refractivity (Wildman–Crippen MR) is 203 cm³/mol. The summed E-state index contributed by atoms with van der Waals surface area (Å²) < 4.78 is 49.6. The molecule has 2 heterocycles. The van der Waals surface area contributed by atoms with Crippen LogP contribution in [-0.2, 0) is 57.7 Å². The lowest BCUT2D eigenvalue weighted by Crippen LogP contribution is -2.43. The fourth-order valence-corrected chi connectivity index (χ4v) is 6.57. The topological polar surface area (TPSA) is 128 Å². The van der Waals surface area contributed by atoms with Gasteiger partial charge in [-0.2, -0.15) is 0 Å². The lowest BCUT2D eigenvalue weighted by Gasteiger charge is -2.27. The van der Waals surface area contributed by atoms with Gasteiger partial charge in [0.2, 0.25) is 0 Å². The molecule has 2 fully saturated rings. The number of hydrogen-bond donors (Lipinski definition) is 1. The zero-order valence-electron chi connectivity index (χ0n) is 30.6. The van der Waals surface area contributed by atoms with Crippen molar-refractivity contribution in [2.45, 2.75) is 69.0 Å². The van der Waals surface area contributed by atoms with Crippen LogP contribution in [-0.4, -0.2) is 79.5 Å². The van der Waals surface area contributed by atoms with Crippen molar-refractivity contribution >= 4 is 11.9 Å². The Kier molecular flexibility index (Phi) is 13.6. The average Bonchev–Trinajstić information content (AvgIpc) is 3.74. The molecule has 7 rings (SSSR count). The van der Waals surface area contributed by atoms with E-state index < -0.39 is 61.1 Å². The van der Waals surface area contributed by atoms with Crippen molar-refractivity contribution in [3.05, 3.63) is 179 Å². The number of carbonyl (C=O) groups excluding carboxylic acids is 2. The maximum atomic E-state index is 13.5. The minimum Gasteiger partial charge on any atom is -0.459 e. The van der Waals surface area contributed by atoms with E-state index in [9.17, 15) is 14.7 Å². The Balaban J connectivity index is 1.11. The summed E-state index contributed by atoms with van der Waals surface area (Å²) in [6.07, 6.45) is -7.80. The highest BCUT2D eigenvalue weighted by atomic mass is 16.7. The van der Waals surface area contributed by atoms with E-state index >= 15 is 0 Å². The molecule has 0 spiro atoms. The Morgan fingerprint density at radius 1 is 0.464 bits per heavy atom. The minimum atomic E-state index is -1.31. The lowest BCUT2D eigenvalue weighted by molar-refractivity contribution is -0.208. The standard InChI is InChI=1S/C45H44O11/c46-42(34-22-12-4-13-23-34)52-29-37-39(56-43(47)35-24-14-5-15-25-35)41(51-28-33-20-10-3-11-21-33)45(55-37)53-30-36-38(49-26-31-16-6-1-7-17-31)40(44(48)54-36)50-27-32-18-8-2-9-19-32/h1-25,36-41,44-45,48H,26-30H2/t36-,37-,38-,39-,40+,41+,44+,45-/m1/s1. The molecule has 11 nitrogen and oxygen atoms in total. The molecule has 2 saturated heterocycles. The molecule has 0 amide bonds.